The van der Waals surface area contributed by atoms with Crippen molar-refractivity contribution in [3.8, 4) is 0 Å². The minimum atomic E-state index is 1.52. The molecule has 0 atom stereocenters. The van der Waals surface area contributed by atoms with Crippen molar-refractivity contribution in [3.63, 3.8) is 0 Å². The Morgan fingerprint density at radius 1 is 1.50 bits per heavy atom. The predicted molar refractivity (Wildman–Crippen MR) is 19.3 cm³/mol. The number of rotatable bonds is 0. The second kappa shape index (κ2) is 1.40. The van der Waals surface area contributed by atoms with E-state index in [2.05, 4.69) is 21.3 Å². The molecule has 0 aromatic carbocycles. The van der Waals surface area contributed by atoms with E-state index in [1.165, 1.54) is 6.20 Å². The van der Waals surface area contributed by atoms with Gasteiger partial charge in [-0.15, -0.1) is 5.11 Å². The van der Waals surface area contributed by atoms with Crippen LogP contribution in [0.1, 0.15) is 0 Å². The van der Waals surface area contributed by atoms with E-state index in [1.54, 1.807) is 6.20 Å². The van der Waals surface area contributed by atoms with Crippen LogP contribution in [0.25, 0.3) is 0 Å². The summed E-state index contributed by atoms with van der Waals surface area (Å²) < 4.78 is 0. The summed E-state index contributed by atoms with van der Waals surface area (Å²) in [6.45, 7) is 0. The van der Waals surface area contributed by atoms with E-state index in [0.717, 1.165) is 0 Å². The van der Waals surface area contributed by atoms with Gasteiger partial charge in [0.05, 0.1) is 6.20 Å². The molecule has 0 aliphatic carbocycles. The summed E-state index contributed by atoms with van der Waals surface area (Å²) in [5, 5.41) is 6.62. The average Bonchev–Trinajstić information content (AvgIpc) is 1.72. The third kappa shape index (κ3) is 0.453. The molecule has 0 unspecified atom stereocenters. The average molecular weight is 83.1 g/mol. The van der Waals surface area contributed by atoms with E-state index in [9.17, 15) is 0 Å². The quantitative estimate of drug-likeness (QED) is 0.438. The molecular formula is C2H3N4. The monoisotopic (exact) mass is 83.0 g/mol. The van der Waals surface area contributed by atoms with Crippen LogP contribution in [0, 0.1) is 0 Å². The number of nitrogens with one attached hydrogen (secondary N) is 1. The lowest BCUT2D eigenvalue weighted by atomic mass is 10.9. The van der Waals surface area contributed by atoms with Crippen LogP contribution in [0.5, 0.6) is 0 Å². The predicted octanol–water partition coefficient (Wildman–Crippen LogP) is -0.0526. The van der Waals surface area contributed by atoms with Crippen molar-refractivity contribution < 1.29 is 0 Å². The Labute approximate surface area is 34.9 Å². The molecule has 0 aromatic rings. The van der Waals surface area contributed by atoms with Gasteiger partial charge in [0, 0.05) is 6.20 Å². The van der Waals surface area contributed by atoms with Crippen molar-refractivity contribution in [1.29, 1.82) is 0 Å². The van der Waals surface area contributed by atoms with Crippen molar-refractivity contribution >= 4 is 0 Å². The van der Waals surface area contributed by atoms with E-state index in [4.69, 9.17) is 0 Å². The molecule has 1 heterocycles. The van der Waals surface area contributed by atoms with Crippen molar-refractivity contribution in [3.05, 3.63) is 12.4 Å². The molecule has 0 amide bonds. The van der Waals surface area contributed by atoms with Crippen LogP contribution in [0.2, 0.25) is 0 Å². The van der Waals surface area contributed by atoms with Crippen LogP contribution < -0.4 is 11.0 Å². The normalized spacial score (nSPS) is 16.0. The summed E-state index contributed by atoms with van der Waals surface area (Å²) in [4.78, 5) is 0. The lowest BCUT2D eigenvalue weighted by Crippen LogP contribution is -2.12. The van der Waals surface area contributed by atoms with Gasteiger partial charge < -0.3 is 0 Å². The molecule has 4 heteroatoms. The Bertz CT molecular complexity index is 71.5. The molecule has 1 aliphatic rings. The zero-order chi connectivity index (χ0) is 4.24. The fourth-order valence-electron chi connectivity index (χ4n) is 0.181. The van der Waals surface area contributed by atoms with Gasteiger partial charge in [-0.25, -0.2) is 0 Å². The Balaban J connectivity index is 2.46. The van der Waals surface area contributed by atoms with Crippen LogP contribution in [-0.4, -0.2) is 0 Å². The minimum Gasteiger partial charge on any atom is -0.264 e. The van der Waals surface area contributed by atoms with E-state index >= 15 is 0 Å². The highest BCUT2D eigenvalue weighted by Gasteiger charge is 1.76. The van der Waals surface area contributed by atoms with E-state index in [1.807, 2.05) is 0 Å². The van der Waals surface area contributed by atoms with Crippen molar-refractivity contribution in [2.75, 3.05) is 0 Å². The first kappa shape index (κ1) is 3.14. The van der Waals surface area contributed by atoms with Gasteiger partial charge in [-0.3, -0.25) is 5.43 Å². The maximum Gasteiger partial charge on any atom is 0.0691 e. The van der Waals surface area contributed by atoms with Crippen LogP contribution in [0.4, 0.5) is 0 Å². The van der Waals surface area contributed by atoms with Crippen LogP contribution in [-0.2, 0) is 0 Å². The van der Waals surface area contributed by atoms with Gasteiger partial charge >= 0.3 is 0 Å². The van der Waals surface area contributed by atoms with E-state index in [-0.39, 0.29) is 0 Å². The minimum absolute atomic E-state index is 1.52. The molecule has 0 spiro atoms. The number of hydrogen-bond acceptors (Lipinski definition) is 3. The largest absolute Gasteiger partial charge is 0.264 e. The maximum absolute atomic E-state index is 3.39. The second-order valence-corrected chi connectivity index (χ2v) is 0.750. The molecule has 1 rings (SSSR count). The summed E-state index contributed by atoms with van der Waals surface area (Å²) in [5.41, 5.74) is 5.77. The van der Waals surface area contributed by atoms with Crippen molar-refractivity contribution in [1.82, 2.24) is 11.0 Å². The first-order valence-electron chi connectivity index (χ1n) is 1.50. The van der Waals surface area contributed by atoms with E-state index in [0.29, 0.717) is 0 Å². The Morgan fingerprint density at radius 2 is 2.50 bits per heavy atom. The van der Waals surface area contributed by atoms with Gasteiger partial charge in [0.25, 0.3) is 0 Å². The molecule has 1 radical (unpaired) electrons. The van der Waals surface area contributed by atoms with Crippen molar-refractivity contribution in [2.24, 2.45) is 10.3 Å². The molecule has 0 bridgehead atoms. The lowest BCUT2D eigenvalue weighted by Gasteiger charge is -1.91. The topological polar surface area (TPSA) is 50.9 Å². The summed E-state index contributed by atoms with van der Waals surface area (Å²) >= 11 is 0. The van der Waals surface area contributed by atoms with Gasteiger partial charge in [0.2, 0.25) is 0 Å². The SMILES string of the molecule is C1=CN[N]N=N1. The van der Waals surface area contributed by atoms with Gasteiger partial charge in [-0.2, -0.15) is 0 Å². The molecule has 31 valence electrons. The molecule has 0 saturated carbocycles. The highest BCUT2D eigenvalue weighted by atomic mass is 15.6. The maximum atomic E-state index is 3.39. The van der Waals surface area contributed by atoms with Crippen LogP contribution >= 0.6 is 0 Å². The number of hydrogen-bond donors (Lipinski definition) is 1. The molecule has 0 saturated heterocycles. The third-order valence-electron chi connectivity index (χ3n) is 0.370. The summed E-state index contributed by atoms with van der Waals surface area (Å²) in [6, 6.07) is 0. The van der Waals surface area contributed by atoms with Gasteiger partial charge in [0.1, 0.15) is 0 Å². The second-order valence-electron chi connectivity index (χ2n) is 0.750. The van der Waals surface area contributed by atoms with Crippen LogP contribution in [0.15, 0.2) is 22.7 Å². The summed E-state index contributed by atoms with van der Waals surface area (Å²) in [7, 11) is 0. The smallest absolute Gasteiger partial charge is 0.0691 e. The lowest BCUT2D eigenvalue weighted by molar-refractivity contribution is 0.593. The Hall–Kier alpha value is -1.06. The highest BCUT2D eigenvalue weighted by molar-refractivity contribution is 4.74. The highest BCUT2D eigenvalue weighted by Crippen LogP contribution is 1.76. The molecule has 0 aromatic heterocycles. The molecule has 0 fully saturated rings. The Morgan fingerprint density at radius 3 is 2.67 bits per heavy atom. The summed E-state index contributed by atoms with van der Waals surface area (Å²) in [6.07, 6.45) is 3.11. The zero-order valence-electron chi connectivity index (χ0n) is 3.00. The standard InChI is InChI=1S/C2H3N4/c1-2-4-6-5-3-1/h1-3H. The van der Waals surface area contributed by atoms with Gasteiger partial charge in [-0.1, -0.05) is 0 Å². The first-order chi connectivity index (χ1) is 3.00. The van der Waals surface area contributed by atoms with Gasteiger partial charge in [-0.05, 0) is 10.8 Å². The number of nitrogens with zero attached hydrogens (tertiary/aromatic N) is 3. The zero-order valence-corrected chi connectivity index (χ0v) is 3.00. The summed E-state index contributed by atoms with van der Waals surface area (Å²) in [5.74, 6) is 0. The molecule has 1 N–H and O–H groups in total. The Kier molecular flexibility index (Phi) is 0.731. The fraction of sp³-hybridized carbons (Fsp3) is 0. The van der Waals surface area contributed by atoms with E-state index < -0.39 is 0 Å². The molecule has 4 nitrogen and oxygen atoms in total. The van der Waals surface area contributed by atoms with Crippen molar-refractivity contribution in [2.45, 2.75) is 0 Å². The molecular weight excluding hydrogens is 80.0 g/mol. The van der Waals surface area contributed by atoms with Gasteiger partial charge in [0.15, 0.2) is 0 Å². The van der Waals surface area contributed by atoms with Crippen LogP contribution in [0.3, 0.4) is 0 Å². The molecule has 1 aliphatic heterocycles. The first-order valence-corrected chi connectivity index (χ1v) is 1.50. The molecule has 6 heavy (non-hydrogen) atoms. The third-order valence-corrected chi connectivity index (χ3v) is 0.370. The fourth-order valence-corrected chi connectivity index (χ4v) is 0.181.